The van der Waals surface area contributed by atoms with Gasteiger partial charge in [-0.05, 0) is 41.5 Å². The molecule has 3 aromatic rings. The van der Waals surface area contributed by atoms with E-state index in [1.54, 1.807) is 30.3 Å². The first-order valence-electron chi connectivity index (χ1n) is 9.89. The molecule has 0 spiro atoms. The highest BCUT2D eigenvalue weighted by Crippen LogP contribution is 2.37. The van der Waals surface area contributed by atoms with Gasteiger partial charge in [0.2, 0.25) is 6.04 Å². The lowest BCUT2D eigenvalue weighted by Gasteiger charge is -2.36. The Morgan fingerprint density at radius 2 is 1.76 bits per heavy atom. The Morgan fingerprint density at radius 3 is 2.32 bits per heavy atom. The summed E-state index contributed by atoms with van der Waals surface area (Å²) >= 11 is 5.94. The van der Waals surface area contributed by atoms with Crippen molar-refractivity contribution in [3.63, 3.8) is 0 Å². The molecule has 1 aromatic heterocycles. The highest BCUT2D eigenvalue weighted by Gasteiger charge is 2.40. The van der Waals surface area contributed by atoms with Gasteiger partial charge in [0.25, 0.3) is 0 Å². The maximum atomic E-state index is 14.5. The largest absolute Gasteiger partial charge is 0.480 e. The standard InChI is InChI=1S/C23H18ClF4N3O3/c24-17-6-7-20(29-12-17)22(11-14-4-2-1-3-5-14,30-13-19(31-34)21(32)33)15-8-16(23(26,27)28)10-18(25)9-15/h1-10,12,19,30H,11,13H2,(H,32,33)/t19?,22-/m0/s1. The maximum Gasteiger partial charge on any atom is 0.416 e. The number of aromatic nitrogens is 1. The van der Waals surface area contributed by atoms with Crippen molar-refractivity contribution in [3.05, 3.63) is 105 Å². The van der Waals surface area contributed by atoms with Gasteiger partial charge in [-0.3, -0.25) is 10.3 Å². The smallest absolute Gasteiger partial charge is 0.416 e. The second kappa shape index (κ2) is 10.3. The van der Waals surface area contributed by atoms with Crippen molar-refractivity contribution in [1.82, 2.24) is 10.3 Å². The molecule has 0 aliphatic heterocycles. The zero-order valence-corrected chi connectivity index (χ0v) is 18.1. The van der Waals surface area contributed by atoms with Crippen molar-refractivity contribution < 1.29 is 27.5 Å². The number of hydrogen-bond donors (Lipinski definition) is 2. The van der Waals surface area contributed by atoms with Gasteiger partial charge in [0.1, 0.15) is 5.82 Å². The van der Waals surface area contributed by atoms with Crippen LogP contribution in [0.15, 0.2) is 72.0 Å². The normalized spacial score (nSPS) is 14.3. The predicted octanol–water partition coefficient (Wildman–Crippen LogP) is 5.19. The lowest BCUT2D eigenvalue weighted by atomic mass is 9.79. The van der Waals surface area contributed by atoms with Crippen molar-refractivity contribution in [2.45, 2.75) is 24.2 Å². The van der Waals surface area contributed by atoms with E-state index in [-0.39, 0.29) is 22.7 Å². The summed E-state index contributed by atoms with van der Waals surface area (Å²) in [6.07, 6.45) is -3.65. The number of rotatable bonds is 9. The third kappa shape index (κ3) is 5.75. The minimum atomic E-state index is -4.85. The summed E-state index contributed by atoms with van der Waals surface area (Å²) in [7, 11) is 0. The van der Waals surface area contributed by atoms with Crippen molar-refractivity contribution >= 4 is 17.6 Å². The minimum Gasteiger partial charge on any atom is -0.480 e. The quantitative estimate of drug-likeness (QED) is 0.315. The first-order chi connectivity index (χ1) is 16.0. The fourth-order valence-electron chi connectivity index (χ4n) is 3.57. The molecule has 3 rings (SSSR count). The van der Waals surface area contributed by atoms with Gasteiger partial charge in [-0.2, -0.15) is 13.2 Å². The monoisotopic (exact) mass is 495 g/mol. The molecule has 2 atom stereocenters. The number of nitrogens with zero attached hydrogens (tertiary/aromatic N) is 2. The van der Waals surface area contributed by atoms with Gasteiger partial charge in [-0.25, -0.2) is 9.18 Å². The molecule has 34 heavy (non-hydrogen) atoms. The molecule has 0 saturated heterocycles. The lowest BCUT2D eigenvalue weighted by Crippen LogP contribution is -2.50. The van der Waals surface area contributed by atoms with Crippen LogP contribution < -0.4 is 5.32 Å². The molecule has 11 heteroatoms. The molecule has 0 amide bonds. The van der Waals surface area contributed by atoms with Crippen molar-refractivity contribution in [1.29, 1.82) is 0 Å². The summed E-state index contributed by atoms with van der Waals surface area (Å²) in [5, 5.41) is 14.9. The van der Waals surface area contributed by atoms with Crippen LogP contribution in [-0.2, 0) is 22.9 Å². The van der Waals surface area contributed by atoms with Gasteiger partial charge < -0.3 is 5.11 Å². The Labute approximate surface area is 196 Å². The Balaban J connectivity index is 2.28. The molecular weight excluding hydrogens is 478 g/mol. The average molecular weight is 496 g/mol. The SMILES string of the molecule is O=NC(CN[C@@](Cc1ccccc1)(c1cc(F)cc(C(F)(F)F)c1)c1ccc(Cl)cn1)C(=O)O. The van der Waals surface area contributed by atoms with E-state index in [9.17, 15) is 32.4 Å². The zero-order chi connectivity index (χ0) is 24.9. The highest BCUT2D eigenvalue weighted by molar-refractivity contribution is 6.30. The van der Waals surface area contributed by atoms with Crippen molar-refractivity contribution in [2.75, 3.05) is 6.54 Å². The Bertz CT molecular complexity index is 1160. The van der Waals surface area contributed by atoms with E-state index in [4.69, 9.17) is 11.6 Å². The van der Waals surface area contributed by atoms with E-state index in [1.807, 2.05) is 0 Å². The first kappa shape index (κ1) is 25.3. The number of aliphatic carboxylic acids is 1. The Morgan fingerprint density at radius 1 is 1.09 bits per heavy atom. The van der Waals surface area contributed by atoms with Crippen LogP contribution in [0.1, 0.15) is 22.4 Å². The summed E-state index contributed by atoms with van der Waals surface area (Å²) < 4.78 is 55.1. The lowest BCUT2D eigenvalue weighted by molar-refractivity contribution is -0.138. The topological polar surface area (TPSA) is 91.7 Å². The summed E-state index contributed by atoms with van der Waals surface area (Å²) in [5.41, 5.74) is -2.33. The third-order valence-electron chi connectivity index (χ3n) is 5.20. The zero-order valence-electron chi connectivity index (χ0n) is 17.4. The number of nitroso groups, excluding NO2 is 1. The van der Waals surface area contributed by atoms with E-state index in [2.05, 4.69) is 15.5 Å². The number of halogens is 5. The summed E-state index contributed by atoms with van der Waals surface area (Å²) in [6.45, 7) is -0.562. The molecule has 0 saturated carbocycles. The Hall–Kier alpha value is -3.37. The molecule has 0 aliphatic carbocycles. The van der Waals surface area contributed by atoms with Crippen molar-refractivity contribution in [2.24, 2.45) is 5.18 Å². The molecule has 6 nitrogen and oxygen atoms in total. The van der Waals surface area contributed by atoms with E-state index in [0.29, 0.717) is 11.6 Å². The van der Waals surface area contributed by atoms with Gasteiger partial charge >= 0.3 is 12.1 Å². The average Bonchev–Trinajstić information content (AvgIpc) is 2.78. The number of carbonyl (C=O) groups is 1. The molecule has 0 bridgehead atoms. The number of nitrogens with one attached hydrogen (secondary N) is 1. The van der Waals surface area contributed by atoms with Crippen LogP contribution in [0.3, 0.4) is 0 Å². The van der Waals surface area contributed by atoms with Crippen LogP contribution in [0.5, 0.6) is 0 Å². The van der Waals surface area contributed by atoms with Crippen LogP contribution in [0.25, 0.3) is 0 Å². The van der Waals surface area contributed by atoms with E-state index in [0.717, 1.165) is 12.1 Å². The van der Waals surface area contributed by atoms with E-state index >= 15 is 0 Å². The number of benzene rings is 2. The molecule has 0 radical (unpaired) electrons. The summed E-state index contributed by atoms with van der Waals surface area (Å²) in [6, 6.07) is 11.7. The van der Waals surface area contributed by atoms with Gasteiger partial charge in [0, 0.05) is 19.2 Å². The minimum absolute atomic E-state index is 0.0611. The molecule has 2 aromatic carbocycles. The second-order valence-corrected chi connectivity index (χ2v) is 7.93. The number of carboxylic acid groups (broad SMARTS) is 1. The van der Waals surface area contributed by atoms with Crippen LogP contribution >= 0.6 is 11.6 Å². The molecule has 0 fully saturated rings. The predicted molar refractivity (Wildman–Crippen MR) is 117 cm³/mol. The number of carboxylic acids is 1. The molecule has 178 valence electrons. The van der Waals surface area contributed by atoms with E-state index in [1.165, 1.54) is 18.3 Å². The number of hydrogen-bond acceptors (Lipinski definition) is 5. The number of alkyl halides is 3. The van der Waals surface area contributed by atoms with Gasteiger partial charge in [-0.15, -0.1) is 4.91 Å². The fourth-order valence-corrected chi connectivity index (χ4v) is 3.68. The molecule has 1 unspecified atom stereocenters. The highest BCUT2D eigenvalue weighted by atomic mass is 35.5. The third-order valence-corrected chi connectivity index (χ3v) is 5.43. The van der Waals surface area contributed by atoms with Gasteiger partial charge in [-0.1, -0.05) is 47.1 Å². The maximum absolute atomic E-state index is 14.5. The fraction of sp³-hybridized carbons (Fsp3) is 0.217. The van der Waals surface area contributed by atoms with Gasteiger partial charge in [0.15, 0.2) is 0 Å². The van der Waals surface area contributed by atoms with Crippen LogP contribution in [0, 0.1) is 10.7 Å². The first-order valence-corrected chi connectivity index (χ1v) is 10.3. The van der Waals surface area contributed by atoms with Crippen LogP contribution in [0.4, 0.5) is 17.6 Å². The summed E-state index contributed by atoms with van der Waals surface area (Å²) in [5.74, 6) is -2.68. The van der Waals surface area contributed by atoms with Crippen LogP contribution in [-0.4, -0.2) is 28.6 Å². The number of pyridine rings is 1. The summed E-state index contributed by atoms with van der Waals surface area (Å²) in [4.78, 5) is 26.7. The molecule has 2 N–H and O–H groups in total. The molecule has 0 aliphatic rings. The van der Waals surface area contributed by atoms with Gasteiger partial charge in [0.05, 0.1) is 21.8 Å². The van der Waals surface area contributed by atoms with Crippen molar-refractivity contribution in [3.8, 4) is 0 Å². The molecular formula is C23H18ClF4N3O3. The molecule has 1 heterocycles. The second-order valence-electron chi connectivity index (χ2n) is 7.50. The van der Waals surface area contributed by atoms with E-state index < -0.39 is 41.7 Å². The Kier molecular flexibility index (Phi) is 7.63. The van der Waals surface area contributed by atoms with Crippen LogP contribution in [0.2, 0.25) is 5.02 Å².